The number of anilines is 3. The van der Waals surface area contributed by atoms with Gasteiger partial charge in [0.1, 0.15) is 11.2 Å². The second kappa shape index (κ2) is 12.5. The molecular weight excluding hydrogens is 631 g/mol. The fraction of sp³-hybridized carbons (Fsp3) is 0. The second-order valence-corrected chi connectivity index (χ2v) is 13.4. The Hall–Kier alpha value is -6.90. The summed E-state index contributed by atoms with van der Waals surface area (Å²) >= 11 is 0. The molecule has 244 valence electrons. The maximum absolute atomic E-state index is 6.28. The molecule has 0 unspecified atom stereocenters. The number of para-hydroxylation sites is 2. The van der Waals surface area contributed by atoms with Crippen molar-refractivity contribution >= 4 is 60.5 Å². The summed E-state index contributed by atoms with van der Waals surface area (Å²) in [5, 5.41) is 7.11. The van der Waals surface area contributed by atoms with E-state index in [1.807, 2.05) is 12.1 Å². The van der Waals surface area contributed by atoms with E-state index in [0.717, 1.165) is 39.0 Å². The van der Waals surface area contributed by atoms with Gasteiger partial charge in [-0.25, -0.2) is 0 Å². The molecule has 0 fully saturated rings. The minimum Gasteiger partial charge on any atom is -0.456 e. The molecule has 0 saturated carbocycles. The molecule has 0 amide bonds. The first-order valence-corrected chi connectivity index (χ1v) is 17.8. The molecule has 1 heterocycles. The van der Waals surface area contributed by atoms with Crippen molar-refractivity contribution in [1.29, 1.82) is 0 Å². The Morgan fingerprint density at radius 3 is 1.77 bits per heavy atom. The van der Waals surface area contributed by atoms with E-state index in [0.29, 0.717) is 0 Å². The Labute approximate surface area is 302 Å². The fourth-order valence-corrected chi connectivity index (χ4v) is 7.70. The minimum absolute atomic E-state index is 0.911. The molecule has 2 nitrogen and oxygen atoms in total. The normalized spacial score (nSPS) is 11.5. The monoisotopic (exact) mass is 663 g/mol. The molecule has 10 aromatic rings. The molecule has 0 bridgehead atoms. The maximum atomic E-state index is 6.28. The van der Waals surface area contributed by atoms with Crippen LogP contribution < -0.4 is 4.90 Å². The van der Waals surface area contributed by atoms with Gasteiger partial charge in [-0.2, -0.15) is 0 Å². The van der Waals surface area contributed by atoms with Crippen molar-refractivity contribution in [1.82, 2.24) is 0 Å². The number of hydrogen-bond acceptors (Lipinski definition) is 2. The van der Waals surface area contributed by atoms with Crippen LogP contribution in [-0.4, -0.2) is 0 Å². The standard InChI is InChI=1S/C50H33NO/c1-4-12-34(13-5-1)38-22-20-35-24-26-42(31-40(35)30-38)51(41-16-8-3-9-17-41)43-27-28-44(46(33-43)36-14-6-2-7-15-36)39-23-21-37-25-29-49-50(47(37)32-39)45-18-10-11-19-48(45)52-49/h1-33H. The van der Waals surface area contributed by atoms with Crippen molar-refractivity contribution in [3.8, 4) is 33.4 Å². The highest BCUT2D eigenvalue weighted by Gasteiger charge is 2.18. The van der Waals surface area contributed by atoms with Gasteiger partial charge in [-0.15, -0.1) is 0 Å². The third kappa shape index (κ3) is 5.21. The average Bonchev–Trinajstić information content (AvgIpc) is 3.61. The van der Waals surface area contributed by atoms with E-state index in [-0.39, 0.29) is 0 Å². The SMILES string of the molecule is c1ccc(-c2ccc3ccc(N(c4ccccc4)c4ccc(-c5ccc6ccc7oc8ccccc8c7c6c5)c(-c5ccccc5)c4)cc3c2)cc1. The molecule has 10 rings (SSSR count). The molecule has 0 saturated heterocycles. The number of furan rings is 1. The third-order valence-electron chi connectivity index (χ3n) is 10.2. The van der Waals surface area contributed by atoms with Gasteiger partial charge < -0.3 is 9.32 Å². The number of benzene rings is 9. The topological polar surface area (TPSA) is 16.4 Å². The van der Waals surface area contributed by atoms with Gasteiger partial charge >= 0.3 is 0 Å². The number of fused-ring (bicyclic) bond motifs is 6. The van der Waals surface area contributed by atoms with Crippen molar-refractivity contribution in [2.45, 2.75) is 0 Å². The van der Waals surface area contributed by atoms with Crippen LogP contribution in [0.4, 0.5) is 17.1 Å². The Bertz CT molecular complexity index is 2890. The summed E-state index contributed by atoms with van der Waals surface area (Å²) in [6.45, 7) is 0. The molecule has 0 aliphatic heterocycles. The average molecular weight is 664 g/mol. The summed E-state index contributed by atoms with van der Waals surface area (Å²) in [5.41, 5.74) is 12.3. The van der Waals surface area contributed by atoms with Crippen molar-refractivity contribution in [2.75, 3.05) is 4.90 Å². The first kappa shape index (κ1) is 30.0. The molecule has 1 aromatic heterocycles. The summed E-state index contributed by atoms with van der Waals surface area (Å²) in [6, 6.07) is 71.8. The minimum atomic E-state index is 0.911. The number of hydrogen-bond donors (Lipinski definition) is 0. The van der Waals surface area contributed by atoms with Crippen LogP contribution in [0.15, 0.2) is 205 Å². The van der Waals surface area contributed by atoms with Crippen LogP contribution in [0.1, 0.15) is 0 Å². The summed E-state index contributed by atoms with van der Waals surface area (Å²) in [4.78, 5) is 2.37. The molecule has 0 N–H and O–H groups in total. The molecular formula is C50H33NO. The van der Waals surface area contributed by atoms with Crippen LogP contribution in [0.5, 0.6) is 0 Å². The number of rotatable bonds is 6. The van der Waals surface area contributed by atoms with Crippen molar-refractivity contribution in [3.63, 3.8) is 0 Å². The molecule has 0 spiro atoms. The fourth-order valence-electron chi connectivity index (χ4n) is 7.70. The van der Waals surface area contributed by atoms with Gasteiger partial charge in [-0.05, 0) is 116 Å². The predicted octanol–water partition coefficient (Wildman–Crippen LogP) is 14.4. The quantitative estimate of drug-likeness (QED) is 0.176. The lowest BCUT2D eigenvalue weighted by atomic mass is 9.91. The highest BCUT2D eigenvalue weighted by atomic mass is 16.3. The van der Waals surface area contributed by atoms with E-state index < -0.39 is 0 Å². The molecule has 0 aliphatic carbocycles. The van der Waals surface area contributed by atoms with Crippen molar-refractivity contribution in [3.05, 3.63) is 200 Å². The zero-order chi connectivity index (χ0) is 34.4. The summed E-state index contributed by atoms with van der Waals surface area (Å²) in [5.74, 6) is 0. The van der Waals surface area contributed by atoms with E-state index in [2.05, 4.69) is 193 Å². The molecule has 52 heavy (non-hydrogen) atoms. The van der Waals surface area contributed by atoms with Crippen LogP contribution in [-0.2, 0) is 0 Å². The lowest BCUT2D eigenvalue weighted by Gasteiger charge is -2.27. The third-order valence-corrected chi connectivity index (χ3v) is 10.2. The number of nitrogens with zero attached hydrogens (tertiary/aromatic N) is 1. The largest absolute Gasteiger partial charge is 0.456 e. The van der Waals surface area contributed by atoms with Gasteiger partial charge in [0.15, 0.2) is 0 Å². The Morgan fingerprint density at radius 2 is 0.942 bits per heavy atom. The van der Waals surface area contributed by atoms with Crippen molar-refractivity contribution < 1.29 is 4.42 Å². The van der Waals surface area contributed by atoms with Crippen LogP contribution in [0, 0.1) is 0 Å². The molecule has 9 aromatic carbocycles. The van der Waals surface area contributed by atoms with Gasteiger partial charge in [-0.1, -0.05) is 140 Å². The Morgan fingerprint density at radius 1 is 0.308 bits per heavy atom. The summed E-state index contributed by atoms with van der Waals surface area (Å²) in [7, 11) is 0. The lowest BCUT2D eigenvalue weighted by molar-refractivity contribution is 0.669. The van der Waals surface area contributed by atoms with Crippen LogP contribution in [0.25, 0.3) is 76.9 Å². The Balaban J connectivity index is 1.16. The first-order chi connectivity index (χ1) is 25.8. The highest BCUT2D eigenvalue weighted by Crippen LogP contribution is 2.43. The summed E-state index contributed by atoms with van der Waals surface area (Å²) < 4.78 is 6.28. The van der Waals surface area contributed by atoms with Gasteiger partial charge in [0.25, 0.3) is 0 Å². The Kier molecular flexibility index (Phi) is 7.18. The van der Waals surface area contributed by atoms with E-state index in [4.69, 9.17) is 4.42 Å². The molecule has 2 heteroatoms. The van der Waals surface area contributed by atoms with Crippen LogP contribution in [0.2, 0.25) is 0 Å². The molecule has 0 atom stereocenters. The summed E-state index contributed by atoms with van der Waals surface area (Å²) in [6.07, 6.45) is 0. The first-order valence-electron chi connectivity index (χ1n) is 17.8. The second-order valence-electron chi connectivity index (χ2n) is 13.4. The van der Waals surface area contributed by atoms with Gasteiger partial charge in [0.2, 0.25) is 0 Å². The smallest absolute Gasteiger partial charge is 0.136 e. The lowest BCUT2D eigenvalue weighted by Crippen LogP contribution is -2.10. The van der Waals surface area contributed by atoms with E-state index >= 15 is 0 Å². The van der Waals surface area contributed by atoms with E-state index in [9.17, 15) is 0 Å². The zero-order valence-electron chi connectivity index (χ0n) is 28.4. The van der Waals surface area contributed by atoms with Crippen molar-refractivity contribution in [2.24, 2.45) is 0 Å². The predicted molar refractivity (Wildman–Crippen MR) is 220 cm³/mol. The molecule has 0 aliphatic rings. The maximum Gasteiger partial charge on any atom is 0.136 e. The van der Waals surface area contributed by atoms with Gasteiger partial charge in [0.05, 0.1) is 0 Å². The van der Waals surface area contributed by atoms with E-state index in [1.54, 1.807) is 0 Å². The van der Waals surface area contributed by atoms with Crippen LogP contribution >= 0.6 is 0 Å². The van der Waals surface area contributed by atoms with Gasteiger partial charge in [0, 0.05) is 27.8 Å². The van der Waals surface area contributed by atoms with Gasteiger partial charge in [-0.3, -0.25) is 0 Å². The van der Waals surface area contributed by atoms with Crippen LogP contribution in [0.3, 0.4) is 0 Å². The van der Waals surface area contributed by atoms with E-state index in [1.165, 1.54) is 54.9 Å². The highest BCUT2D eigenvalue weighted by molar-refractivity contribution is 6.19. The molecule has 0 radical (unpaired) electrons. The zero-order valence-corrected chi connectivity index (χ0v) is 28.4.